The number of aromatic carboxylic acids is 1. The summed E-state index contributed by atoms with van der Waals surface area (Å²) >= 11 is 5.15. The Bertz CT molecular complexity index is 938. The Labute approximate surface area is 123 Å². The lowest BCUT2D eigenvalue weighted by molar-refractivity contribution is -0.255. The van der Waals surface area contributed by atoms with Gasteiger partial charge in [-0.2, -0.15) is 0 Å². The maximum atomic E-state index is 12.4. The minimum absolute atomic E-state index is 0.0173. The van der Waals surface area contributed by atoms with Gasteiger partial charge in [0, 0.05) is 0 Å². The fraction of sp³-hybridized carbons (Fsp3) is 0.0714. The van der Waals surface area contributed by atoms with Gasteiger partial charge in [-0.3, -0.25) is 9.36 Å². The number of rotatable bonds is 3. The lowest BCUT2D eigenvalue weighted by Gasteiger charge is -2.08. The highest BCUT2D eigenvalue weighted by atomic mass is 32.1. The molecular weight excluding hydrogens is 292 g/mol. The number of carboxylic acids is 1. The first-order chi connectivity index (χ1) is 10.1. The van der Waals surface area contributed by atoms with E-state index in [-0.39, 0.29) is 22.4 Å². The van der Waals surface area contributed by atoms with E-state index in [2.05, 4.69) is 4.98 Å². The lowest BCUT2D eigenvalue weighted by atomic mass is 10.1. The second-order valence-electron chi connectivity index (χ2n) is 4.45. The van der Waals surface area contributed by atoms with Gasteiger partial charge in [-0.25, -0.2) is 0 Å². The lowest BCUT2D eigenvalue weighted by Crippen LogP contribution is -2.24. The standard InChI is InChI=1S/C14H10N2O4S/c17-12-10-4-3-8(13(18)19)6-11(10)15-14(21)16(12)7-9-2-1-5-20-9/h1-6H,7H2,(H,15,21)(H,18,19)/p-1. The normalized spacial score (nSPS) is 10.9. The van der Waals surface area contributed by atoms with Crippen LogP contribution in [0.1, 0.15) is 16.1 Å². The molecule has 7 heteroatoms. The molecule has 2 heterocycles. The van der Waals surface area contributed by atoms with Crippen LogP contribution in [0, 0.1) is 4.77 Å². The molecule has 0 unspecified atom stereocenters. The number of carbonyl (C=O) groups is 1. The van der Waals surface area contributed by atoms with Crippen LogP contribution in [0.2, 0.25) is 0 Å². The minimum Gasteiger partial charge on any atom is -0.545 e. The summed E-state index contributed by atoms with van der Waals surface area (Å²) in [6.45, 7) is 0.208. The van der Waals surface area contributed by atoms with Crippen molar-refractivity contribution in [3.8, 4) is 0 Å². The minimum atomic E-state index is -1.31. The number of benzene rings is 1. The fourth-order valence-corrected chi connectivity index (χ4v) is 2.34. The number of nitrogens with zero attached hydrogens (tertiary/aromatic N) is 1. The van der Waals surface area contributed by atoms with Crippen LogP contribution >= 0.6 is 12.2 Å². The highest BCUT2D eigenvalue weighted by molar-refractivity contribution is 7.71. The first-order valence-corrected chi connectivity index (χ1v) is 6.47. The van der Waals surface area contributed by atoms with Crippen LogP contribution in [0.25, 0.3) is 10.9 Å². The summed E-state index contributed by atoms with van der Waals surface area (Å²) in [5, 5.41) is 11.2. The molecule has 0 saturated heterocycles. The summed E-state index contributed by atoms with van der Waals surface area (Å²) in [7, 11) is 0. The van der Waals surface area contributed by atoms with E-state index in [9.17, 15) is 14.7 Å². The van der Waals surface area contributed by atoms with E-state index >= 15 is 0 Å². The number of hydrogen-bond acceptors (Lipinski definition) is 5. The van der Waals surface area contributed by atoms with E-state index < -0.39 is 5.97 Å². The van der Waals surface area contributed by atoms with E-state index in [0.29, 0.717) is 16.7 Å². The van der Waals surface area contributed by atoms with Gasteiger partial charge in [0.1, 0.15) is 5.76 Å². The molecule has 0 spiro atoms. The largest absolute Gasteiger partial charge is 0.545 e. The molecule has 0 aliphatic rings. The predicted molar refractivity (Wildman–Crippen MR) is 75.5 cm³/mol. The van der Waals surface area contributed by atoms with Gasteiger partial charge in [-0.1, -0.05) is 6.07 Å². The average molecular weight is 301 g/mol. The number of hydrogen-bond donors (Lipinski definition) is 1. The van der Waals surface area contributed by atoms with Gasteiger partial charge >= 0.3 is 0 Å². The molecule has 0 aliphatic carbocycles. The number of furan rings is 1. The molecule has 0 fully saturated rings. The maximum Gasteiger partial charge on any atom is 0.262 e. The van der Waals surface area contributed by atoms with E-state index in [4.69, 9.17) is 16.6 Å². The molecule has 0 saturated carbocycles. The topological polar surface area (TPSA) is 91.1 Å². The molecule has 0 aliphatic heterocycles. The van der Waals surface area contributed by atoms with Crippen molar-refractivity contribution < 1.29 is 14.3 Å². The Morgan fingerprint density at radius 1 is 1.38 bits per heavy atom. The van der Waals surface area contributed by atoms with Crippen LogP contribution in [0.15, 0.2) is 45.8 Å². The maximum absolute atomic E-state index is 12.4. The second-order valence-corrected chi connectivity index (χ2v) is 4.84. The molecular formula is C14H9N2O4S-. The predicted octanol–water partition coefficient (Wildman–Crippen LogP) is 1.06. The molecule has 0 radical (unpaired) electrons. The summed E-state index contributed by atoms with van der Waals surface area (Å²) in [6, 6.07) is 7.56. The molecule has 6 nitrogen and oxygen atoms in total. The Kier molecular flexibility index (Phi) is 3.19. The third-order valence-electron chi connectivity index (χ3n) is 3.11. The van der Waals surface area contributed by atoms with Crippen molar-refractivity contribution in [3.05, 3.63) is 63.0 Å². The van der Waals surface area contributed by atoms with Gasteiger partial charge in [0.25, 0.3) is 5.56 Å². The zero-order valence-corrected chi connectivity index (χ0v) is 11.5. The number of aromatic nitrogens is 2. The number of aromatic amines is 1. The second kappa shape index (κ2) is 5.02. The van der Waals surface area contributed by atoms with E-state index in [1.807, 2.05) is 0 Å². The Hall–Kier alpha value is -2.67. The molecule has 3 rings (SSSR count). The van der Waals surface area contributed by atoms with Crippen LogP contribution in [-0.4, -0.2) is 15.5 Å². The van der Waals surface area contributed by atoms with Crippen LogP contribution in [0.4, 0.5) is 0 Å². The molecule has 106 valence electrons. The van der Waals surface area contributed by atoms with E-state index in [1.54, 1.807) is 12.1 Å². The highest BCUT2D eigenvalue weighted by Gasteiger charge is 2.08. The number of nitrogens with one attached hydrogen (secondary N) is 1. The quantitative estimate of drug-likeness (QED) is 0.731. The molecule has 0 bridgehead atoms. The van der Waals surface area contributed by atoms with Gasteiger partial charge in [0.2, 0.25) is 0 Å². The van der Waals surface area contributed by atoms with Gasteiger partial charge in [-0.05, 0) is 42.0 Å². The van der Waals surface area contributed by atoms with Gasteiger partial charge < -0.3 is 19.3 Å². The van der Waals surface area contributed by atoms with Gasteiger partial charge in [0.15, 0.2) is 4.77 Å². The monoisotopic (exact) mass is 301 g/mol. The van der Waals surface area contributed by atoms with Crippen molar-refractivity contribution in [2.45, 2.75) is 6.54 Å². The van der Waals surface area contributed by atoms with E-state index in [1.165, 1.54) is 29.0 Å². The molecule has 3 aromatic rings. The first-order valence-electron chi connectivity index (χ1n) is 6.07. The zero-order chi connectivity index (χ0) is 15.0. The molecule has 0 atom stereocenters. The van der Waals surface area contributed by atoms with Crippen molar-refractivity contribution in [3.63, 3.8) is 0 Å². The number of carboxylic acid groups (broad SMARTS) is 1. The van der Waals surface area contributed by atoms with Crippen molar-refractivity contribution in [2.24, 2.45) is 0 Å². The van der Waals surface area contributed by atoms with Crippen LogP contribution < -0.4 is 10.7 Å². The summed E-state index contributed by atoms with van der Waals surface area (Å²) in [5.74, 6) is -0.710. The Balaban J connectivity index is 2.20. The van der Waals surface area contributed by atoms with Crippen molar-refractivity contribution in [1.29, 1.82) is 0 Å². The molecule has 0 amide bonds. The number of fused-ring (bicyclic) bond motifs is 1. The molecule has 21 heavy (non-hydrogen) atoms. The third kappa shape index (κ3) is 2.38. The third-order valence-corrected chi connectivity index (χ3v) is 3.43. The highest BCUT2D eigenvalue weighted by Crippen LogP contribution is 2.11. The number of carbonyl (C=O) groups excluding carboxylic acids is 1. The van der Waals surface area contributed by atoms with Crippen molar-refractivity contribution >= 4 is 29.1 Å². The summed E-state index contributed by atoms with van der Waals surface area (Å²) < 4.78 is 6.75. The first kappa shape index (κ1) is 13.3. The van der Waals surface area contributed by atoms with Crippen molar-refractivity contribution in [1.82, 2.24) is 9.55 Å². The average Bonchev–Trinajstić information content (AvgIpc) is 2.95. The smallest absolute Gasteiger partial charge is 0.262 e. The molecule has 1 N–H and O–H groups in total. The molecule has 2 aromatic heterocycles. The van der Waals surface area contributed by atoms with Crippen LogP contribution in [0.3, 0.4) is 0 Å². The summed E-state index contributed by atoms with van der Waals surface area (Å²) in [5.41, 5.74) is 0.0359. The number of H-pyrrole nitrogens is 1. The Morgan fingerprint density at radius 2 is 2.19 bits per heavy atom. The van der Waals surface area contributed by atoms with E-state index in [0.717, 1.165) is 0 Å². The summed E-state index contributed by atoms with van der Waals surface area (Å²) in [4.78, 5) is 26.1. The van der Waals surface area contributed by atoms with Gasteiger partial charge in [0.05, 0.1) is 29.7 Å². The SMILES string of the molecule is O=C([O-])c1ccc2c(=O)n(Cc3ccco3)c(=S)[nH]c2c1. The van der Waals surface area contributed by atoms with Crippen LogP contribution in [-0.2, 0) is 6.54 Å². The van der Waals surface area contributed by atoms with Crippen molar-refractivity contribution in [2.75, 3.05) is 0 Å². The van der Waals surface area contributed by atoms with Crippen LogP contribution in [0.5, 0.6) is 0 Å². The molecule has 1 aromatic carbocycles. The van der Waals surface area contributed by atoms with Gasteiger partial charge in [-0.15, -0.1) is 0 Å². The fourth-order valence-electron chi connectivity index (χ4n) is 2.08. The summed E-state index contributed by atoms with van der Waals surface area (Å²) in [6.07, 6.45) is 1.51. The zero-order valence-electron chi connectivity index (χ0n) is 10.7. The Morgan fingerprint density at radius 3 is 2.86 bits per heavy atom.